The van der Waals surface area contributed by atoms with E-state index < -0.39 is 29.6 Å². The highest BCUT2D eigenvalue weighted by Crippen LogP contribution is 2.32. The van der Waals surface area contributed by atoms with Crippen LogP contribution in [0.1, 0.15) is 39.5 Å². The maximum absolute atomic E-state index is 11.8. The van der Waals surface area contributed by atoms with Crippen molar-refractivity contribution in [2.45, 2.75) is 51.1 Å². The number of carboxylic acids is 1. The molecule has 1 heterocycles. The topological polar surface area (TPSA) is 116 Å². The van der Waals surface area contributed by atoms with E-state index in [2.05, 4.69) is 5.32 Å². The van der Waals surface area contributed by atoms with Crippen molar-refractivity contribution >= 4 is 18.0 Å². The smallest absolute Gasteiger partial charge is 0.408 e. The molecule has 0 aliphatic carbocycles. The van der Waals surface area contributed by atoms with E-state index in [1.165, 1.54) is 7.11 Å². The van der Waals surface area contributed by atoms with E-state index in [0.717, 1.165) is 4.90 Å². The van der Waals surface area contributed by atoms with Crippen LogP contribution in [0.25, 0.3) is 0 Å². The van der Waals surface area contributed by atoms with Crippen molar-refractivity contribution in [1.29, 1.82) is 0 Å². The molecule has 0 spiro atoms. The van der Waals surface area contributed by atoms with Gasteiger partial charge >= 0.3 is 18.0 Å². The summed E-state index contributed by atoms with van der Waals surface area (Å²) in [4.78, 5) is 35.7. The molecular weight excluding hydrogens is 304 g/mol. The summed E-state index contributed by atoms with van der Waals surface area (Å²) in [6.45, 7) is 4.38. The number of hydrogen-bond acceptors (Lipinski definition) is 5. The third kappa shape index (κ3) is 4.57. The molecule has 0 saturated carbocycles. The Hall–Kier alpha value is -1.83. The Morgan fingerprint density at radius 2 is 1.96 bits per heavy atom. The van der Waals surface area contributed by atoms with Gasteiger partial charge in [0.2, 0.25) is 0 Å². The Bertz CT molecular complexity index is 453. The van der Waals surface area contributed by atoms with Crippen molar-refractivity contribution in [3.8, 4) is 0 Å². The van der Waals surface area contributed by atoms with Crippen LogP contribution in [-0.4, -0.2) is 64.9 Å². The van der Waals surface area contributed by atoms with E-state index in [0.29, 0.717) is 12.8 Å². The number of carboxylic acid groups (broad SMARTS) is 2. The second-order valence-corrected chi connectivity index (χ2v) is 6.28. The molecule has 2 atom stereocenters. The zero-order valence-electron chi connectivity index (χ0n) is 13.9. The number of likely N-dealkylation sites (tertiary alicyclic amines) is 1. The molecule has 8 nitrogen and oxygen atoms in total. The summed E-state index contributed by atoms with van der Waals surface area (Å²) >= 11 is 0. The van der Waals surface area contributed by atoms with Crippen LogP contribution in [0.4, 0.5) is 4.79 Å². The number of amides is 1. The van der Waals surface area contributed by atoms with Gasteiger partial charge in [0, 0.05) is 6.54 Å². The van der Waals surface area contributed by atoms with Gasteiger partial charge in [-0.25, -0.2) is 9.59 Å². The quantitative estimate of drug-likeness (QED) is 0.572. The van der Waals surface area contributed by atoms with Crippen molar-refractivity contribution in [3.63, 3.8) is 0 Å². The molecule has 1 aliphatic rings. The minimum absolute atomic E-state index is 0.111. The molecule has 0 aromatic heterocycles. The number of methoxy groups -OCH3 is 1. The van der Waals surface area contributed by atoms with Crippen molar-refractivity contribution in [3.05, 3.63) is 0 Å². The van der Waals surface area contributed by atoms with E-state index in [1.54, 1.807) is 0 Å². The van der Waals surface area contributed by atoms with Gasteiger partial charge in [0.1, 0.15) is 11.6 Å². The van der Waals surface area contributed by atoms with Crippen molar-refractivity contribution in [1.82, 2.24) is 10.2 Å². The number of carbonyl (C=O) groups is 3. The van der Waals surface area contributed by atoms with Gasteiger partial charge in [-0.1, -0.05) is 13.8 Å². The lowest BCUT2D eigenvalue weighted by Crippen LogP contribution is -2.54. The van der Waals surface area contributed by atoms with E-state index >= 15 is 0 Å². The number of esters is 1. The number of hydrogen-bond donors (Lipinski definition) is 3. The fourth-order valence-corrected chi connectivity index (χ4v) is 3.08. The van der Waals surface area contributed by atoms with E-state index in [4.69, 9.17) is 4.74 Å². The Morgan fingerprint density at radius 1 is 1.30 bits per heavy atom. The van der Waals surface area contributed by atoms with Gasteiger partial charge < -0.3 is 20.3 Å². The molecule has 0 aromatic carbocycles. The summed E-state index contributed by atoms with van der Waals surface area (Å²) in [5, 5.41) is 21.8. The van der Waals surface area contributed by atoms with E-state index in [1.807, 2.05) is 13.8 Å². The van der Waals surface area contributed by atoms with Crippen LogP contribution in [0.3, 0.4) is 0 Å². The molecule has 0 radical (unpaired) electrons. The first-order valence-electron chi connectivity index (χ1n) is 7.79. The van der Waals surface area contributed by atoms with Crippen LogP contribution in [0.2, 0.25) is 0 Å². The fraction of sp³-hybridized carbons (Fsp3) is 0.800. The molecule has 1 saturated heterocycles. The van der Waals surface area contributed by atoms with E-state index in [-0.39, 0.29) is 31.8 Å². The van der Waals surface area contributed by atoms with Gasteiger partial charge in [-0.3, -0.25) is 9.69 Å². The number of carbonyl (C=O) groups excluding carboxylic acids is 1. The predicted molar refractivity (Wildman–Crippen MR) is 82.2 cm³/mol. The summed E-state index contributed by atoms with van der Waals surface area (Å²) in [5.41, 5.74) is -1.42. The fourth-order valence-electron chi connectivity index (χ4n) is 3.08. The summed E-state index contributed by atoms with van der Waals surface area (Å²) < 4.78 is 4.75. The third-order valence-electron chi connectivity index (χ3n) is 4.24. The van der Waals surface area contributed by atoms with Crippen LogP contribution in [0.15, 0.2) is 0 Å². The van der Waals surface area contributed by atoms with Gasteiger partial charge in [0.25, 0.3) is 0 Å². The van der Waals surface area contributed by atoms with Crippen LogP contribution in [0.5, 0.6) is 0 Å². The third-order valence-corrected chi connectivity index (χ3v) is 4.24. The highest BCUT2D eigenvalue weighted by molar-refractivity contribution is 5.84. The highest BCUT2D eigenvalue weighted by atomic mass is 16.5. The zero-order chi connectivity index (χ0) is 17.6. The molecule has 1 rings (SSSR count). The molecule has 132 valence electrons. The molecule has 8 heteroatoms. The van der Waals surface area contributed by atoms with Gasteiger partial charge in [0.15, 0.2) is 0 Å². The van der Waals surface area contributed by atoms with Crippen molar-refractivity contribution in [2.24, 2.45) is 5.92 Å². The van der Waals surface area contributed by atoms with Gasteiger partial charge in [-0.2, -0.15) is 0 Å². The number of aliphatic carboxylic acids is 1. The summed E-state index contributed by atoms with van der Waals surface area (Å²) in [6.07, 6.45) is 0.251. The first-order valence-corrected chi connectivity index (χ1v) is 7.79. The normalized spacial score (nSPS) is 22.2. The molecule has 1 aliphatic heterocycles. The van der Waals surface area contributed by atoms with Crippen molar-refractivity contribution in [2.75, 3.05) is 20.2 Å². The summed E-state index contributed by atoms with van der Waals surface area (Å²) in [5.74, 6) is -1.27. The molecule has 2 unspecified atom stereocenters. The first kappa shape index (κ1) is 19.2. The number of nitrogens with zero attached hydrogens (tertiary/aromatic N) is 1. The molecule has 23 heavy (non-hydrogen) atoms. The van der Waals surface area contributed by atoms with Gasteiger partial charge in [-0.15, -0.1) is 0 Å². The average Bonchev–Trinajstić information content (AvgIpc) is 2.90. The van der Waals surface area contributed by atoms with Crippen LogP contribution in [-0.2, 0) is 14.3 Å². The summed E-state index contributed by atoms with van der Waals surface area (Å²) in [6, 6.07) is -0.523. The molecule has 0 bridgehead atoms. The molecule has 0 aromatic rings. The second kappa shape index (κ2) is 8.14. The van der Waals surface area contributed by atoms with Gasteiger partial charge in [0.05, 0.1) is 7.11 Å². The summed E-state index contributed by atoms with van der Waals surface area (Å²) in [7, 11) is 1.30. The number of nitrogens with one attached hydrogen (secondary N) is 1. The van der Waals surface area contributed by atoms with Crippen molar-refractivity contribution < 1.29 is 29.3 Å². The monoisotopic (exact) mass is 330 g/mol. The number of rotatable bonds is 8. The lowest BCUT2D eigenvalue weighted by molar-refractivity contribution is -0.149. The van der Waals surface area contributed by atoms with Crippen LogP contribution >= 0.6 is 0 Å². The maximum atomic E-state index is 11.8. The minimum atomic E-state index is -1.42. The molecular formula is C15H26N2O6. The average molecular weight is 330 g/mol. The molecule has 1 fully saturated rings. The molecule has 1 amide bonds. The zero-order valence-corrected chi connectivity index (χ0v) is 13.9. The Balaban J connectivity index is 2.73. The SMILES string of the molecule is COC(=O)C(CC(C)C)NCCC1(C(=O)O)CCCN1C(=O)O. The predicted octanol–water partition coefficient (Wildman–Crippen LogP) is 1.15. The Labute approximate surface area is 135 Å². The number of ether oxygens (including phenoxy) is 1. The first-order chi connectivity index (χ1) is 10.7. The Kier molecular flexibility index (Phi) is 6.80. The lowest BCUT2D eigenvalue weighted by Gasteiger charge is -2.33. The lowest BCUT2D eigenvalue weighted by atomic mass is 9.92. The van der Waals surface area contributed by atoms with Gasteiger partial charge in [-0.05, 0) is 38.1 Å². The molecule has 3 N–H and O–H groups in total. The Morgan fingerprint density at radius 3 is 2.43 bits per heavy atom. The largest absolute Gasteiger partial charge is 0.479 e. The standard InChI is InChI=1S/C15H26N2O6/c1-10(2)9-11(12(18)23-3)16-7-6-15(13(19)20)5-4-8-17(15)14(21)22/h10-11,16H,4-9H2,1-3H3,(H,19,20)(H,21,22). The van der Waals surface area contributed by atoms with E-state index in [9.17, 15) is 24.6 Å². The maximum Gasteiger partial charge on any atom is 0.408 e. The van der Waals surface area contributed by atoms with Crippen LogP contribution in [0, 0.1) is 5.92 Å². The highest BCUT2D eigenvalue weighted by Gasteiger charge is 2.49. The van der Waals surface area contributed by atoms with Crippen LogP contribution < -0.4 is 5.32 Å². The second-order valence-electron chi connectivity index (χ2n) is 6.28. The minimum Gasteiger partial charge on any atom is -0.479 e.